The molecule has 642 valence electrons. The molecule has 1 fully saturated rings. The van der Waals surface area contributed by atoms with Crippen LogP contribution in [-0.2, 0) is 114 Å². The van der Waals surface area contributed by atoms with Crippen LogP contribution in [0.5, 0.6) is 0 Å². The van der Waals surface area contributed by atoms with Crippen LogP contribution < -0.4 is 53.2 Å². The molecule has 10 amide bonds. The van der Waals surface area contributed by atoms with Crippen molar-refractivity contribution in [1.29, 1.82) is 0 Å². The number of hydrogen-bond acceptors (Lipinski definition) is 24. The summed E-state index contributed by atoms with van der Waals surface area (Å²) in [6.45, 7) is 6.65. The Morgan fingerprint density at radius 3 is 0.919 bits per heavy atom. The van der Waals surface area contributed by atoms with Crippen molar-refractivity contribution in [2.75, 3.05) is 217 Å². The van der Waals surface area contributed by atoms with E-state index in [0.717, 1.165) is 64.2 Å². The van der Waals surface area contributed by atoms with Crippen molar-refractivity contribution in [1.82, 2.24) is 53.2 Å². The molecule has 111 heavy (non-hydrogen) atoms. The van der Waals surface area contributed by atoms with E-state index in [0.29, 0.717) is 45.5 Å². The Hall–Kier alpha value is -6.84. The van der Waals surface area contributed by atoms with E-state index in [9.17, 15) is 62.6 Å². The molecule has 0 aromatic rings. The van der Waals surface area contributed by atoms with E-state index in [1.54, 1.807) is 0 Å². The largest absolute Gasteiger partial charge is 0.481 e. The minimum atomic E-state index is -1.22. The minimum absolute atomic E-state index is 0.0206. The number of amides is 10. The van der Waals surface area contributed by atoms with Gasteiger partial charge in [0.15, 0.2) is 0 Å². The first-order valence-corrected chi connectivity index (χ1v) is 40.1. The number of nitrogens with one attached hydrogen (secondary N) is 10. The van der Waals surface area contributed by atoms with Gasteiger partial charge in [-0.25, -0.2) is 4.79 Å². The van der Waals surface area contributed by atoms with Gasteiger partial charge in [0.2, 0.25) is 59.1 Å². The first-order valence-electron chi connectivity index (χ1n) is 40.1. The summed E-state index contributed by atoms with van der Waals surface area (Å²) in [4.78, 5) is 144. The average Bonchev–Trinajstić information content (AvgIpc) is 0.870. The molecular formula is C75H136N10O26. The van der Waals surface area contributed by atoms with Gasteiger partial charge in [-0.15, -0.1) is 0 Å². The SMILES string of the molecule is CCCCNC(=O)COCCOCCNC(=O)COCCOCCNC(=O)COCCOCCNC(=O)CNC(=O)COCCOCCNC(=O)COCCOCCNC(=O)COCCOCCNC(=O)CC[C@H](NC(=O)[C@H]1CC[C@H](CNC(=O)CCCCCCCCCCCCCCCCCCC(=O)O)CC1)C(=O)O. The lowest BCUT2D eigenvalue weighted by Crippen LogP contribution is -2.45. The van der Waals surface area contributed by atoms with Crippen molar-refractivity contribution in [2.24, 2.45) is 11.8 Å². The summed E-state index contributed by atoms with van der Waals surface area (Å²) in [5.74, 6) is -5.14. The van der Waals surface area contributed by atoms with Gasteiger partial charge >= 0.3 is 11.9 Å². The highest BCUT2D eigenvalue weighted by Crippen LogP contribution is 2.29. The Bertz CT molecular complexity index is 2450. The molecule has 0 saturated heterocycles. The van der Waals surface area contributed by atoms with Crippen molar-refractivity contribution in [3.8, 4) is 0 Å². The van der Waals surface area contributed by atoms with Gasteiger partial charge in [-0.05, 0) is 57.3 Å². The number of carbonyl (C=O) groups is 12. The third-order valence-electron chi connectivity index (χ3n) is 17.0. The Balaban J connectivity index is 1.87. The molecule has 0 aromatic heterocycles. The smallest absolute Gasteiger partial charge is 0.326 e. The molecule has 36 nitrogen and oxygen atoms in total. The summed E-state index contributed by atoms with van der Waals surface area (Å²) in [5.41, 5.74) is 0. The highest BCUT2D eigenvalue weighted by molar-refractivity contribution is 5.86. The van der Waals surface area contributed by atoms with Crippen molar-refractivity contribution >= 4 is 71.0 Å². The number of carboxylic acids is 2. The summed E-state index contributed by atoms with van der Waals surface area (Å²) in [5, 5.41) is 45.2. The first kappa shape index (κ1) is 102. The normalized spacial score (nSPS) is 13.5. The molecule has 1 aliphatic rings. The number of carboxylic acid groups (broad SMARTS) is 2. The van der Waals surface area contributed by atoms with Gasteiger partial charge in [0.05, 0.1) is 125 Å². The predicted octanol–water partition coefficient (Wildman–Crippen LogP) is 1.29. The maximum Gasteiger partial charge on any atom is 0.326 e. The number of carbonyl (C=O) groups excluding carboxylic acids is 10. The molecule has 0 bridgehead atoms. The minimum Gasteiger partial charge on any atom is -0.481 e. The van der Waals surface area contributed by atoms with Crippen LogP contribution in [0.1, 0.15) is 174 Å². The monoisotopic (exact) mass is 1590 g/mol. The highest BCUT2D eigenvalue weighted by atomic mass is 16.6. The maximum absolute atomic E-state index is 13.0. The molecule has 0 aromatic carbocycles. The third kappa shape index (κ3) is 70.7. The second kappa shape index (κ2) is 75.8. The Labute approximate surface area is 655 Å². The summed E-state index contributed by atoms with van der Waals surface area (Å²) in [6.07, 6.45) is 23.8. The van der Waals surface area contributed by atoms with Gasteiger partial charge in [0.25, 0.3) is 0 Å². The number of hydrogen-bond donors (Lipinski definition) is 12. The van der Waals surface area contributed by atoms with E-state index >= 15 is 0 Å². The maximum atomic E-state index is 13.0. The van der Waals surface area contributed by atoms with Crippen LogP contribution in [0.3, 0.4) is 0 Å². The summed E-state index contributed by atoms with van der Waals surface area (Å²) in [6, 6.07) is -1.21. The van der Waals surface area contributed by atoms with Crippen LogP contribution in [0, 0.1) is 11.8 Å². The Morgan fingerprint density at radius 2 is 0.586 bits per heavy atom. The van der Waals surface area contributed by atoms with E-state index in [-0.39, 0.29) is 270 Å². The standard InChI is InChI=1S/C75H136N10O26/c1-2-3-28-76-67(89)55-106-47-43-102-37-31-79-70(92)58-109-50-44-104-39-33-81-69(91)57-108-49-42-101-36-30-78-66(88)54-84-72(94)60-111-52-46-105-40-34-82-71(93)59-110-51-45-103-38-32-80-68(90)56-107-48-41-100-35-29-77-65(87)27-26-63(75(98)99)85-74(97)62-24-22-61(23-25-62)53-83-64(86)20-18-16-14-12-10-8-6-4-5-7-9-11-13-15-17-19-21-73(95)96/h61-63H,2-60H2,1H3,(H,76,89)(H,77,87)(H,78,88)(H,79,92)(H,80,90)(H,81,91)(H,82,93)(H,83,86)(H,84,94)(H,85,97)(H,95,96)(H,98,99)/t61-,62-,63-/m0/s1. The van der Waals surface area contributed by atoms with E-state index < -0.39 is 29.8 Å². The summed E-state index contributed by atoms with van der Waals surface area (Å²) in [7, 11) is 0. The van der Waals surface area contributed by atoms with Crippen LogP contribution in [0.15, 0.2) is 0 Å². The van der Waals surface area contributed by atoms with E-state index in [2.05, 4.69) is 53.2 Å². The quantitative estimate of drug-likeness (QED) is 0.0382. The lowest BCUT2D eigenvalue weighted by atomic mass is 9.81. The number of unbranched alkanes of at least 4 members (excludes halogenated alkanes) is 16. The lowest BCUT2D eigenvalue weighted by Gasteiger charge is -2.28. The zero-order valence-electron chi connectivity index (χ0n) is 66.1. The topological polar surface area (TPSA) is 476 Å². The van der Waals surface area contributed by atoms with Gasteiger partial charge in [-0.1, -0.05) is 103 Å². The molecule has 0 spiro atoms. The van der Waals surface area contributed by atoms with Crippen molar-refractivity contribution in [3.63, 3.8) is 0 Å². The fourth-order valence-corrected chi connectivity index (χ4v) is 10.8. The fraction of sp³-hybridized carbons (Fsp3) is 0.840. The van der Waals surface area contributed by atoms with Crippen molar-refractivity contribution < 1.29 is 125 Å². The van der Waals surface area contributed by atoms with Crippen LogP contribution in [0.4, 0.5) is 0 Å². The van der Waals surface area contributed by atoms with Gasteiger partial charge in [0, 0.05) is 77.5 Å². The number of aliphatic carboxylic acids is 2. The van der Waals surface area contributed by atoms with Crippen LogP contribution in [0.25, 0.3) is 0 Å². The van der Waals surface area contributed by atoms with Crippen molar-refractivity contribution in [3.05, 3.63) is 0 Å². The van der Waals surface area contributed by atoms with E-state index in [1.807, 2.05) is 6.92 Å². The van der Waals surface area contributed by atoms with E-state index in [1.165, 1.54) is 64.2 Å². The molecule has 0 heterocycles. The van der Waals surface area contributed by atoms with E-state index in [4.69, 9.17) is 61.9 Å². The second-order valence-corrected chi connectivity index (χ2v) is 26.6. The highest BCUT2D eigenvalue weighted by Gasteiger charge is 2.30. The number of ether oxygens (including phenoxy) is 12. The number of rotatable bonds is 80. The van der Waals surface area contributed by atoms with Gasteiger partial charge < -0.3 is 120 Å². The molecule has 0 unspecified atom stereocenters. The first-order chi connectivity index (χ1) is 54.0. The molecule has 12 N–H and O–H groups in total. The molecule has 1 atom stereocenters. The second-order valence-electron chi connectivity index (χ2n) is 26.6. The van der Waals surface area contributed by atoms with Crippen molar-refractivity contribution in [2.45, 2.75) is 180 Å². The molecule has 36 heteroatoms. The average molecular weight is 1590 g/mol. The fourth-order valence-electron chi connectivity index (χ4n) is 10.8. The summed E-state index contributed by atoms with van der Waals surface area (Å²) >= 11 is 0. The third-order valence-corrected chi connectivity index (χ3v) is 17.0. The zero-order valence-corrected chi connectivity index (χ0v) is 66.1. The molecule has 1 rings (SSSR count). The van der Waals surface area contributed by atoms with Crippen LogP contribution in [0.2, 0.25) is 0 Å². The Kier molecular flexibility index (Phi) is 69.8. The van der Waals surface area contributed by atoms with Gasteiger partial charge in [-0.3, -0.25) is 52.7 Å². The Morgan fingerprint density at radius 1 is 0.297 bits per heavy atom. The predicted molar refractivity (Wildman–Crippen MR) is 407 cm³/mol. The lowest BCUT2D eigenvalue weighted by molar-refractivity contribution is -0.143. The zero-order chi connectivity index (χ0) is 80.9. The van der Waals surface area contributed by atoms with Crippen LogP contribution >= 0.6 is 0 Å². The van der Waals surface area contributed by atoms with Crippen LogP contribution in [-0.4, -0.2) is 305 Å². The molecular weight excluding hydrogens is 1460 g/mol. The van der Waals surface area contributed by atoms with Gasteiger partial charge in [0.1, 0.15) is 45.7 Å². The summed E-state index contributed by atoms with van der Waals surface area (Å²) < 4.78 is 64.0. The molecule has 1 aliphatic carbocycles. The molecule has 0 aliphatic heterocycles. The van der Waals surface area contributed by atoms with Gasteiger partial charge in [-0.2, -0.15) is 0 Å². The molecule has 1 saturated carbocycles. The molecule has 0 radical (unpaired) electrons.